The van der Waals surface area contributed by atoms with Crippen molar-refractivity contribution in [2.45, 2.75) is 32.7 Å². The van der Waals surface area contributed by atoms with Crippen LogP contribution in [0.15, 0.2) is 5.38 Å². The lowest BCUT2D eigenvalue weighted by Crippen LogP contribution is -2.39. The third-order valence-corrected chi connectivity index (χ3v) is 4.53. The highest BCUT2D eigenvalue weighted by Crippen LogP contribution is 2.20. The summed E-state index contributed by atoms with van der Waals surface area (Å²) in [5.74, 6) is 0.393. The molecular formula is C13H21N3OS. The molecule has 1 aliphatic heterocycles. The van der Waals surface area contributed by atoms with Gasteiger partial charge in [0.05, 0.1) is 10.7 Å². The molecule has 1 aromatic rings. The quantitative estimate of drug-likeness (QED) is 0.902. The maximum atomic E-state index is 11.5. The molecule has 5 heteroatoms. The van der Waals surface area contributed by atoms with E-state index in [0.29, 0.717) is 0 Å². The van der Waals surface area contributed by atoms with Crippen molar-refractivity contribution in [3.05, 3.63) is 16.1 Å². The number of hydrogen-bond acceptors (Lipinski definition) is 4. The molecule has 2 rings (SSSR count). The lowest BCUT2D eigenvalue weighted by atomic mass is 9.96. The molecule has 1 fully saturated rings. The van der Waals surface area contributed by atoms with Gasteiger partial charge in [0, 0.05) is 24.9 Å². The van der Waals surface area contributed by atoms with E-state index in [9.17, 15) is 4.79 Å². The predicted octanol–water partition coefficient (Wildman–Crippen LogP) is 1.66. The zero-order valence-electron chi connectivity index (χ0n) is 11.1. The molecule has 1 aliphatic rings. The number of amides is 1. The Kier molecular flexibility index (Phi) is 4.72. The molecule has 1 N–H and O–H groups in total. The Bertz CT molecular complexity index is 397. The Morgan fingerprint density at radius 3 is 2.83 bits per heavy atom. The van der Waals surface area contributed by atoms with Crippen LogP contribution < -0.4 is 5.32 Å². The fraction of sp³-hybridized carbons (Fsp3) is 0.692. The fourth-order valence-corrected chi connectivity index (χ4v) is 3.11. The van der Waals surface area contributed by atoms with Crippen LogP contribution in [0.1, 0.15) is 30.5 Å². The number of carbonyl (C=O) groups is 1. The lowest BCUT2D eigenvalue weighted by Gasteiger charge is -2.30. The first-order chi connectivity index (χ1) is 8.72. The van der Waals surface area contributed by atoms with Gasteiger partial charge in [-0.1, -0.05) is 6.92 Å². The molecule has 1 saturated heterocycles. The van der Waals surface area contributed by atoms with Crippen LogP contribution in [0.25, 0.3) is 0 Å². The van der Waals surface area contributed by atoms with Gasteiger partial charge in [-0.15, -0.1) is 11.3 Å². The Balaban J connectivity index is 1.81. The minimum Gasteiger partial charge on any atom is -0.359 e. The number of nitrogens with one attached hydrogen (secondary N) is 1. The average Bonchev–Trinajstić information content (AvgIpc) is 2.86. The summed E-state index contributed by atoms with van der Waals surface area (Å²) in [5, 5.41) is 6.11. The van der Waals surface area contributed by atoms with Crippen molar-refractivity contribution in [1.29, 1.82) is 0 Å². The van der Waals surface area contributed by atoms with Gasteiger partial charge in [-0.2, -0.15) is 0 Å². The van der Waals surface area contributed by atoms with Crippen LogP contribution in [0.2, 0.25) is 0 Å². The number of aromatic nitrogens is 1. The fourth-order valence-electron chi connectivity index (χ4n) is 2.37. The van der Waals surface area contributed by atoms with E-state index in [2.05, 4.69) is 27.5 Å². The summed E-state index contributed by atoms with van der Waals surface area (Å²) in [6.45, 7) is 5.06. The van der Waals surface area contributed by atoms with Crippen molar-refractivity contribution in [2.24, 2.45) is 5.92 Å². The van der Waals surface area contributed by atoms with Gasteiger partial charge in [0.1, 0.15) is 0 Å². The van der Waals surface area contributed by atoms with Gasteiger partial charge in [0.25, 0.3) is 0 Å². The Labute approximate surface area is 112 Å². The number of nitrogens with zero attached hydrogens (tertiary/aromatic N) is 2. The highest BCUT2D eigenvalue weighted by atomic mass is 32.1. The van der Waals surface area contributed by atoms with Crippen molar-refractivity contribution in [1.82, 2.24) is 15.2 Å². The van der Waals surface area contributed by atoms with Gasteiger partial charge < -0.3 is 5.32 Å². The first-order valence-electron chi connectivity index (χ1n) is 6.60. The van der Waals surface area contributed by atoms with Gasteiger partial charge in [-0.05, 0) is 32.4 Å². The smallest absolute Gasteiger partial charge is 0.222 e. The Hall–Kier alpha value is -0.940. The largest absolute Gasteiger partial charge is 0.359 e. The van der Waals surface area contributed by atoms with E-state index in [4.69, 9.17) is 0 Å². The van der Waals surface area contributed by atoms with Gasteiger partial charge in [-0.3, -0.25) is 9.69 Å². The van der Waals surface area contributed by atoms with Crippen molar-refractivity contribution < 1.29 is 4.79 Å². The minimum absolute atomic E-state index is 0.191. The number of piperidine rings is 1. The van der Waals surface area contributed by atoms with Crippen molar-refractivity contribution in [3.8, 4) is 0 Å². The maximum Gasteiger partial charge on any atom is 0.222 e. The SMILES string of the molecule is CCc1nc(CN2CCC(C(=O)NC)CC2)cs1. The molecule has 0 saturated carbocycles. The Morgan fingerprint density at radius 2 is 2.28 bits per heavy atom. The molecule has 2 heterocycles. The summed E-state index contributed by atoms with van der Waals surface area (Å²) in [6.07, 6.45) is 2.94. The van der Waals surface area contributed by atoms with E-state index in [1.54, 1.807) is 18.4 Å². The van der Waals surface area contributed by atoms with Crippen LogP contribution in [0.5, 0.6) is 0 Å². The summed E-state index contributed by atoms with van der Waals surface area (Å²) in [4.78, 5) is 18.5. The molecule has 4 nitrogen and oxygen atoms in total. The van der Waals surface area contributed by atoms with E-state index < -0.39 is 0 Å². The first kappa shape index (κ1) is 13.5. The van der Waals surface area contributed by atoms with Crippen LogP contribution in [0.4, 0.5) is 0 Å². The first-order valence-corrected chi connectivity index (χ1v) is 7.48. The zero-order valence-corrected chi connectivity index (χ0v) is 11.9. The molecule has 0 unspecified atom stereocenters. The highest BCUT2D eigenvalue weighted by molar-refractivity contribution is 7.09. The van der Waals surface area contributed by atoms with Gasteiger partial charge >= 0.3 is 0 Å². The summed E-state index contributed by atoms with van der Waals surface area (Å²) in [5.41, 5.74) is 1.18. The second-order valence-electron chi connectivity index (χ2n) is 4.75. The normalized spacial score (nSPS) is 17.9. The maximum absolute atomic E-state index is 11.5. The van der Waals surface area contributed by atoms with Crippen molar-refractivity contribution >= 4 is 17.2 Å². The summed E-state index contributed by atoms with van der Waals surface area (Å²) < 4.78 is 0. The topological polar surface area (TPSA) is 45.2 Å². The van der Waals surface area contributed by atoms with Crippen LogP contribution in [-0.4, -0.2) is 35.9 Å². The van der Waals surface area contributed by atoms with E-state index in [1.165, 1.54) is 10.7 Å². The lowest BCUT2D eigenvalue weighted by molar-refractivity contribution is -0.125. The van der Waals surface area contributed by atoms with Crippen molar-refractivity contribution in [2.75, 3.05) is 20.1 Å². The molecule has 0 radical (unpaired) electrons. The molecule has 100 valence electrons. The summed E-state index contributed by atoms with van der Waals surface area (Å²) in [7, 11) is 1.72. The number of thiazole rings is 1. The zero-order chi connectivity index (χ0) is 13.0. The number of hydrogen-bond donors (Lipinski definition) is 1. The number of aryl methyl sites for hydroxylation is 1. The molecule has 0 bridgehead atoms. The molecular weight excluding hydrogens is 246 g/mol. The summed E-state index contributed by atoms with van der Waals surface area (Å²) in [6, 6.07) is 0. The molecule has 1 amide bonds. The molecule has 1 aromatic heterocycles. The predicted molar refractivity (Wildman–Crippen MR) is 73.6 cm³/mol. The third-order valence-electron chi connectivity index (χ3n) is 3.49. The van der Waals surface area contributed by atoms with Crippen LogP contribution in [0, 0.1) is 5.92 Å². The molecule has 0 spiro atoms. The second kappa shape index (κ2) is 6.29. The minimum atomic E-state index is 0.191. The average molecular weight is 267 g/mol. The van der Waals surface area contributed by atoms with Crippen LogP contribution in [0.3, 0.4) is 0 Å². The number of likely N-dealkylation sites (tertiary alicyclic amines) is 1. The highest BCUT2D eigenvalue weighted by Gasteiger charge is 2.24. The van der Waals surface area contributed by atoms with Gasteiger partial charge in [-0.25, -0.2) is 4.98 Å². The van der Waals surface area contributed by atoms with E-state index in [-0.39, 0.29) is 11.8 Å². The standard InChI is InChI=1S/C13H21N3OS/c1-3-12-15-11(9-18-12)8-16-6-4-10(5-7-16)13(17)14-2/h9-10H,3-8H2,1-2H3,(H,14,17). The third kappa shape index (κ3) is 3.29. The van der Waals surface area contributed by atoms with Crippen molar-refractivity contribution in [3.63, 3.8) is 0 Å². The Morgan fingerprint density at radius 1 is 1.56 bits per heavy atom. The number of carbonyl (C=O) groups excluding carboxylic acids is 1. The molecule has 0 aromatic carbocycles. The molecule has 0 aliphatic carbocycles. The summed E-state index contributed by atoms with van der Waals surface area (Å²) >= 11 is 1.75. The second-order valence-corrected chi connectivity index (χ2v) is 5.69. The van der Waals surface area contributed by atoms with Crippen LogP contribution >= 0.6 is 11.3 Å². The van der Waals surface area contributed by atoms with E-state index in [0.717, 1.165) is 38.9 Å². The van der Waals surface area contributed by atoms with E-state index >= 15 is 0 Å². The van der Waals surface area contributed by atoms with Gasteiger partial charge in [0.2, 0.25) is 5.91 Å². The molecule has 18 heavy (non-hydrogen) atoms. The number of rotatable bonds is 4. The molecule has 0 atom stereocenters. The monoisotopic (exact) mass is 267 g/mol. The van der Waals surface area contributed by atoms with E-state index in [1.807, 2.05) is 0 Å². The van der Waals surface area contributed by atoms with Crippen LogP contribution in [-0.2, 0) is 17.8 Å². The van der Waals surface area contributed by atoms with Gasteiger partial charge in [0.15, 0.2) is 0 Å².